The lowest BCUT2D eigenvalue weighted by Gasteiger charge is -2.17. The number of nitrogen functional groups attached to an aromatic ring is 1. The summed E-state index contributed by atoms with van der Waals surface area (Å²) in [6, 6.07) is 0. The van der Waals surface area contributed by atoms with Crippen molar-refractivity contribution in [1.82, 2.24) is 0 Å². The van der Waals surface area contributed by atoms with Gasteiger partial charge < -0.3 is 5.73 Å². The summed E-state index contributed by atoms with van der Waals surface area (Å²) >= 11 is 23.2. The summed E-state index contributed by atoms with van der Waals surface area (Å²) in [6.07, 6.45) is 0. The molecule has 0 amide bonds. The van der Waals surface area contributed by atoms with E-state index >= 15 is 0 Å². The van der Waals surface area contributed by atoms with Crippen LogP contribution in [0.4, 0.5) is 11.4 Å². The summed E-state index contributed by atoms with van der Waals surface area (Å²) in [5.41, 5.74) is 8.03. The first-order valence-corrected chi connectivity index (χ1v) is 5.16. The summed E-state index contributed by atoms with van der Waals surface area (Å²) in [5, 5.41) is 0.847. The lowest BCUT2D eigenvalue weighted by molar-refractivity contribution is 1.37. The highest BCUT2D eigenvalue weighted by molar-refractivity contribution is 6.51. The van der Waals surface area contributed by atoms with Gasteiger partial charge in [0.2, 0.25) is 0 Å². The van der Waals surface area contributed by atoms with Crippen LogP contribution >= 0.6 is 46.8 Å². The monoisotopic (exact) mass is 272 g/mol. The third kappa shape index (κ3) is 1.84. The van der Waals surface area contributed by atoms with Gasteiger partial charge in [-0.2, -0.15) is 3.94 Å². The molecule has 0 aliphatic heterocycles. The number of rotatable bonds is 1. The average Bonchev–Trinajstić information content (AvgIpc) is 2.11. The third-order valence-electron chi connectivity index (χ3n) is 2.03. The van der Waals surface area contributed by atoms with Crippen molar-refractivity contribution in [2.45, 2.75) is 13.8 Å². The van der Waals surface area contributed by atoms with Gasteiger partial charge in [-0.3, -0.25) is 0 Å². The Kier molecular flexibility index (Phi) is 3.64. The van der Waals surface area contributed by atoms with Gasteiger partial charge in [-0.15, -0.1) is 0 Å². The zero-order valence-electron chi connectivity index (χ0n) is 7.54. The quantitative estimate of drug-likeness (QED) is 0.610. The van der Waals surface area contributed by atoms with E-state index in [2.05, 4.69) is 0 Å². The molecule has 14 heavy (non-hydrogen) atoms. The summed E-state index contributed by atoms with van der Waals surface area (Å²) in [4.78, 5) is 0. The Morgan fingerprint density at radius 3 is 1.86 bits per heavy atom. The molecule has 1 aromatic carbocycles. The van der Waals surface area contributed by atoms with Crippen LogP contribution in [0.1, 0.15) is 11.1 Å². The molecule has 0 saturated heterocycles. The Morgan fingerprint density at radius 1 is 1.00 bits per heavy atom. The molecule has 0 radical (unpaired) electrons. The van der Waals surface area contributed by atoms with E-state index in [1.54, 1.807) is 13.8 Å². The number of nitrogens with two attached hydrogens (primary N) is 1. The van der Waals surface area contributed by atoms with Gasteiger partial charge in [0.15, 0.2) is 0 Å². The second-order valence-electron chi connectivity index (χ2n) is 2.87. The number of benzene rings is 1. The fourth-order valence-electron chi connectivity index (χ4n) is 1.15. The molecule has 0 spiro atoms. The standard InChI is InChI=1S/C8H8Cl4N2/c1-3-5(9)6(10)4(2)8(7(3)13)14(11)12/h13H2,1-2H3. The van der Waals surface area contributed by atoms with Crippen LogP contribution in [-0.4, -0.2) is 0 Å². The summed E-state index contributed by atoms with van der Waals surface area (Å²) in [5.74, 6) is 0. The van der Waals surface area contributed by atoms with Crippen molar-refractivity contribution in [2.75, 3.05) is 9.67 Å². The molecule has 0 aliphatic rings. The smallest absolute Gasteiger partial charge is 0.0986 e. The second-order valence-corrected chi connectivity index (χ2v) is 4.48. The number of anilines is 2. The Balaban J connectivity index is 3.60. The number of halogens is 4. The van der Waals surface area contributed by atoms with Crippen molar-refractivity contribution in [3.05, 3.63) is 21.2 Å². The van der Waals surface area contributed by atoms with Crippen LogP contribution in [0, 0.1) is 13.8 Å². The lowest BCUT2D eigenvalue weighted by Crippen LogP contribution is -2.04. The van der Waals surface area contributed by atoms with E-state index in [9.17, 15) is 0 Å². The van der Waals surface area contributed by atoms with Gasteiger partial charge in [0, 0.05) is 23.6 Å². The summed E-state index contributed by atoms with van der Waals surface area (Å²) < 4.78 is 0.889. The maximum absolute atomic E-state index is 5.97. The van der Waals surface area contributed by atoms with E-state index in [0.717, 1.165) is 3.94 Å². The molecule has 2 N–H and O–H groups in total. The lowest BCUT2D eigenvalue weighted by atomic mass is 10.1. The van der Waals surface area contributed by atoms with Crippen molar-refractivity contribution < 1.29 is 0 Å². The molecule has 0 heterocycles. The zero-order valence-corrected chi connectivity index (χ0v) is 10.6. The van der Waals surface area contributed by atoms with Crippen LogP contribution in [0.2, 0.25) is 10.0 Å². The predicted molar refractivity (Wildman–Crippen MR) is 64.5 cm³/mol. The SMILES string of the molecule is Cc1c(N)c(N(Cl)Cl)c(C)c(Cl)c1Cl. The van der Waals surface area contributed by atoms with Crippen molar-refractivity contribution in [2.24, 2.45) is 0 Å². The second kappa shape index (κ2) is 4.23. The minimum atomic E-state index is 0.416. The van der Waals surface area contributed by atoms with E-state index in [1.807, 2.05) is 0 Å². The van der Waals surface area contributed by atoms with Crippen molar-refractivity contribution in [1.29, 1.82) is 0 Å². The summed E-state index contributed by atoms with van der Waals surface area (Å²) in [6.45, 7) is 3.50. The van der Waals surface area contributed by atoms with E-state index in [1.165, 1.54) is 0 Å². The highest BCUT2D eigenvalue weighted by Gasteiger charge is 2.18. The minimum absolute atomic E-state index is 0.416. The topological polar surface area (TPSA) is 29.3 Å². The van der Waals surface area contributed by atoms with Crippen LogP contribution in [-0.2, 0) is 0 Å². The van der Waals surface area contributed by atoms with E-state index < -0.39 is 0 Å². The van der Waals surface area contributed by atoms with Crippen LogP contribution in [0.25, 0.3) is 0 Å². The molecule has 78 valence electrons. The molecule has 0 bridgehead atoms. The van der Waals surface area contributed by atoms with Crippen molar-refractivity contribution >= 4 is 58.1 Å². The maximum atomic E-state index is 5.97. The normalized spacial score (nSPS) is 10.4. The van der Waals surface area contributed by atoms with E-state index in [4.69, 9.17) is 52.5 Å². The number of nitrogens with zero attached hydrogens (tertiary/aromatic N) is 1. The van der Waals surface area contributed by atoms with Gasteiger partial charge >= 0.3 is 0 Å². The molecule has 0 unspecified atom stereocenters. The van der Waals surface area contributed by atoms with Gasteiger partial charge in [-0.25, -0.2) is 0 Å². The molecule has 1 aromatic rings. The molecular weight excluding hydrogens is 266 g/mol. The van der Waals surface area contributed by atoms with Gasteiger partial charge in [0.25, 0.3) is 0 Å². The van der Waals surface area contributed by atoms with Crippen LogP contribution < -0.4 is 9.67 Å². The third-order valence-corrected chi connectivity index (χ3v) is 3.41. The van der Waals surface area contributed by atoms with Crippen molar-refractivity contribution in [3.63, 3.8) is 0 Å². The average molecular weight is 274 g/mol. The summed E-state index contributed by atoms with van der Waals surface area (Å²) in [7, 11) is 0. The highest BCUT2D eigenvalue weighted by Crippen LogP contribution is 2.42. The molecule has 0 aromatic heterocycles. The molecule has 0 saturated carbocycles. The molecule has 0 atom stereocenters. The Labute approximate surface area is 103 Å². The minimum Gasteiger partial charge on any atom is -0.397 e. The maximum Gasteiger partial charge on any atom is 0.0986 e. The van der Waals surface area contributed by atoms with E-state index in [-0.39, 0.29) is 0 Å². The van der Waals surface area contributed by atoms with Crippen LogP contribution in [0.5, 0.6) is 0 Å². The number of hydrogen-bond donors (Lipinski definition) is 1. The first-order chi connectivity index (χ1) is 6.37. The molecule has 0 fully saturated rings. The Hall–Kier alpha value is -0.0200. The molecule has 0 aliphatic carbocycles. The van der Waals surface area contributed by atoms with Crippen LogP contribution in [0.15, 0.2) is 0 Å². The molecule has 1 rings (SSSR count). The fraction of sp³-hybridized carbons (Fsp3) is 0.250. The predicted octanol–water partition coefficient (Wildman–Crippen LogP) is 4.31. The van der Waals surface area contributed by atoms with E-state index in [0.29, 0.717) is 32.5 Å². The Bertz CT molecular complexity index is 347. The van der Waals surface area contributed by atoms with Gasteiger partial charge in [-0.05, 0) is 25.0 Å². The van der Waals surface area contributed by atoms with Crippen molar-refractivity contribution in [3.8, 4) is 0 Å². The largest absolute Gasteiger partial charge is 0.397 e. The highest BCUT2D eigenvalue weighted by atomic mass is 35.5. The number of hydrogen-bond acceptors (Lipinski definition) is 2. The van der Waals surface area contributed by atoms with Crippen LogP contribution in [0.3, 0.4) is 0 Å². The van der Waals surface area contributed by atoms with Gasteiger partial charge in [0.1, 0.15) is 0 Å². The fourth-order valence-corrected chi connectivity index (χ4v) is 2.06. The molecular formula is C8H8Cl4N2. The first-order valence-electron chi connectivity index (χ1n) is 3.73. The zero-order chi connectivity index (χ0) is 11.0. The first kappa shape index (κ1) is 12.1. The van der Waals surface area contributed by atoms with Gasteiger partial charge in [-0.1, -0.05) is 23.2 Å². The van der Waals surface area contributed by atoms with Gasteiger partial charge in [0.05, 0.1) is 21.4 Å². The molecule has 6 heteroatoms. The molecule has 2 nitrogen and oxygen atoms in total. The Morgan fingerprint density at radius 2 is 1.43 bits per heavy atom.